The van der Waals surface area contributed by atoms with Crippen LogP contribution in [0.15, 0.2) is 0 Å². The van der Waals surface area contributed by atoms with Crippen molar-refractivity contribution in [2.24, 2.45) is 0 Å². The van der Waals surface area contributed by atoms with Gasteiger partial charge in [0.15, 0.2) is 0 Å². The van der Waals surface area contributed by atoms with Crippen molar-refractivity contribution in [1.82, 2.24) is 5.32 Å². The third-order valence-corrected chi connectivity index (χ3v) is 2.74. The van der Waals surface area contributed by atoms with Gasteiger partial charge >= 0.3 is 11.9 Å². The molecule has 0 unspecified atom stereocenters. The second-order valence-electron chi connectivity index (χ2n) is 4.38. The number of esters is 1. The average molecular weight is 259 g/mol. The standard InChI is InChI=1S/C13H25NO4/c1-4-6-7-8-9-11(13(17)18-5-2)14-10(3)12(15)16/h10-11,14H,4-9H2,1-3H3,(H,15,16)/t10-,11+/m0/s1. The fourth-order valence-corrected chi connectivity index (χ4v) is 1.66. The zero-order valence-corrected chi connectivity index (χ0v) is 11.6. The Hall–Kier alpha value is -1.10. The summed E-state index contributed by atoms with van der Waals surface area (Å²) in [6.07, 6.45) is 4.83. The molecule has 0 bridgehead atoms. The molecule has 0 aromatic rings. The number of hydrogen-bond donors (Lipinski definition) is 2. The van der Waals surface area contributed by atoms with E-state index in [1.54, 1.807) is 6.92 Å². The molecule has 5 heteroatoms. The zero-order chi connectivity index (χ0) is 14.0. The lowest BCUT2D eigenvalue weighted by Gasteiger charge is -2.19. The van der Waals surface area contributed by atoms with Gasteiger partial charge in [0.1, 0.15) is 12.1 Å². The Morgan fingerprint density at radius 3 is 2.39 bits per heavy atom. The third-order valence-electron chi connectivity index (χ3n) is 2.74. The van der Waals surface area contributed by atoms with Gasteiger partial charge in [0.2, 0.25) is 0 Å². The van der Waals surface area contributed by atoms with Crippen molar-refractivity contribution < 1.29 is 19.4 Å². The van der Waals surface area contributed by atoms with Crippen LogP contribution in [-0.4, -0.2) is 35.7 Å². The van der Waals surface area contributed by atoms with E-state index in [9.17, 15) is 9.59 Å². The molecule has 0 aliphatic heterocycles. The first kappa shape index (κ1) is 16.9. The van der Waals surface area contributed by atoms with Gasteiger partial charge in [-0.2, -0.15) is 0 Å². The summed E-state index contributed by atoms with van der Waals surface area (Å²) in [5.74, 6) is -1.32. The maximum atomic E-state index is 11.7. The molecule has 0 amide bonds. The summed E-state index contributed by atoms with van der Waals surface area (Å²) in [6.45, 7) is 5.70. The summed E-state index contributed by atoms with van der Waals surface area (Å²) in [7, 11) is 0. The number of aliphatic carboxylic acids is 1. The summed E-state index contributed by atoms with van der Waals surface area (Å²) in [6, 6.07) is -1.27. The molecule has 0 aliphatic carbocycles. The Morgan fingerprint density at radius 1 is 1.22 bits per heavy atom. The second kappa shape index (κ2) is 9.88. The van der Waals surface area contributed by atoms with Crippen molar-refractivity contribution >= 4 is 11.9 Å². The number of carboxylic acid groups (broad SMARTS) is 1. The van der Waals surface area contributed by atoms with Gasteiger partial charge in [-0.25, -0.2) is 0 Å². The van der Waals surface area contributed by atoms with Crippen molar-refractivity contribution in [3.05, 3.63) is 0 Å². The molecule has 2 atom stereocenters. The van der Waals surface area contributed by atoms with E-state index in [0.717, 1.165) is 25.7 Å². The molecule has 0 aromatic heterocycles. The molecule has 18 heavy (non-hydrogen) atoms. The third kappa shape index (κ3) is 7.27. The van der Waals surface area contributed by atoms with Crippen LogP contribution >= 0.6 is 0 Å². The number of ether oxygens (including phenoxy) is 1. The molecule has 0 rings (SSSR count). The highest BCUT2D eigenvalue weighted by Gasteiger charge is 2.23. The van der Waals surface area contributed by atoms with Crippen LogP contribution in [0.2, 0.25) is 0 Å². The van der Waals surface area contributed by atoms with Gasteiger partial charge in [0.05, 0.1) is 6.61 Å². The smallest absolute Gasteiger partial charge is 0.323 e. The molecule has 0 saturated heterocycles. The van der Waals surface area contributed by atoms with Gasteiger partial charge in [-0.1, -0.05) is 32.6 Å². The lowest BCUT2D eigenvalue weighted by Crippen LogP contribution is -2.46. The van der Waals surface area contributed by atoms with E-state index in [1.807, 2.05) is 0 Å². The van der Waals surface area contributed by atoms with Gasteiger partial charge < -0.3 is 9.84 Å². The van der Waals surface area contributed by atoms with Crippen molar-refractivity contribution in [2.75, 3.05) is 6.61 Å². The normalized spacial score (nSPS) is 13.9. The first-order chi connectivity index (χ1) is 8.52. The van der Waals surface area contributed by atoms with Crippen LogP contribution in [-0.2, 0) is 14.3 Å². The van der Waals surface area contributed by atoms with Crippen molar-refractivity contribution in [3.63, 3.8) is 0 Å². The molecule has 0 spiro atoms. The largest absolute Gasteiger partial charge is 0.480 e. The predicted octanol–water partition coefficient (Wildman–Crippen LogP) is 1.95. The number of carbonyl (C=O) groups is 2. The molecule has 5 nitrogen and oxygen atoms in total. The molecule has 0 fully saturated rings. The molecule has 0 aliphatic rings. The van der Waals surface area contributed by atoms with Crippen LogP contribution in [0.3, 0.4) is 0 Å². The molecule has 0 saturated carbocycles. The van der Waals surface area contributed by atoms with Gasteiger partial charge in [0, 0.05) is 0 Å². The topological polar surface area (TPSA) is 75.6 Å². The number of rotatable bonds is 10. The van der Waals surface area contributed by atoms with E-state index in [0.29, 0.717) is 13.0 Å². The highest BCUT2D eigenvalue weighted by atomic mass is 16.5. The minimum Gasteiger partial charge on any atom is -0.480 e. The molecule has 0 heterocycles. The van der Waals surface area contributed by atoms with Gasteiger partial charge in [0.25, 0.3) is 0 Å². The van der Waals surface area contributed by atoms with Gasteiger partial charge in [-0.3, -0.25) is 14.9 Å². The minimum atomic E-state index is -0.960. The molecular formula is C13H25NO4. The fraction of sp³-hybridized carbons (Fsp3) is 0.846. The maximum Gasteiger partial charge on any atom is 0.323 e. The van der Waals surface area contributed by atoms with Crippen LogP contribution in [0.4, 0.5) is 0 Å². The van der Waals surface area contributed by atoms with E-state index < -0.39 is 18.1 Å². The molecule has 106 valence electrons. The Bertz CT molecular complexity index is 255. The zero-order valence-electron chi connectivity index (χ0n) is 11.6. The van der Waals surface area contributed by atoms with Crippen LogP contribution in [0, 0.1) is 0 Å². The SMILES string of the molecule is CCCCCC[C@@H](N[C@@H](C)C(=O)O)C(=O)OCC. The number of unbranched alkanes of at least 4 members (excludes halogenated alkanes) is 3. The number of carboxylic acids is 1. The average Bonchev–Trinajstić information content (AvgIpc) is 2.32. The number of carbonyl (C=O) groups excluding carboxylic acids is 1. The first-order valence-electron chi connectivity index (χ1n) is 6.68. The van der Waals surface area contributed by atoms with E-state index in [2.05, 4.69) is 12.2 Å². The Balaban J connectivity index is 4.24. The number of hydrogen-bond acceptors (Lipinski definition) is 4. The van der Waals surface area contributed by atoms with Crippen LogP contribution < -0.4 is 5.32 Å². The van der Waals surface area contributed by atoms with Crippen molar-refractivity contribution in [2.45, 2.75) is 65.0 Å². The minimum absolute atomic E-state index is 0.313. The molecular weight excluding hydrogens is 234 g/mol. The van der Waals surface area contributed by atoms with Crippen LogP contribution in [0.25, 0.3) is 0 Å². The first-order valence-corrected chi connectivity index (χ1v) is 6.68. The second-order valence-corrected chi connectivity index (χ2v) is 4.38. The fourth-order valence-electron chi connectivity index (χ4n) is 1.66. The lowest BCUT2D eigenvalue weighted by molar-refractivity contribution is -0.147. The maximum absolute atomic E-state index is 11.7. The highest BCUT2D eigenvalue weighted by molar-refractivity contribution is 5.78. The van der Waals surface area contributed by atoms with Crippen molar-refractivity contribution in [3.8, 4) is 0 Å². The Labute approximate surface area is 109 Å². The predicted molar refractivity (Wildman–Crippen MR) is 69.4 cm³/mol. The monoisotopic (exact) mass is 259 g/mol. The summed E-state index contributed by atoms with van der Waals surface area (Å²) >= 11 is 0. The molecule has 0 radical (unpaired) electrons. The Morgan fingerprint density at radius 2 is 1.89 bits per heavy atom. The van der Waals surface area contributed by atoms with E-state index in [1.165, 1.54) is 6.92 Å². The van der Waals surface area contributed by atoms with Crippen molar-refractivity contribution in [1.29, 1.82) is 0 Å². The van der Waals surface area contributed by atoms with E-state index >= 15 is 0 Å². The summed E-state index contributed by atoms with van der Waals surface area (Å²) in [5.41, 5.74) is 0. The Kier molecular flexibility index (Phi) is 9.28. The molecule has 2 N–H and O–H groups in total. The summed E-state index contributed by atoms with van der Waals surface area (Å²) in [4.78, 5) is 22.5. The van der Waals surface area contributed by atoms with E-state index in [-0.39, 0.29) is 5.97 Å². The van der Waals surface area contributed by atoms with E-state index in [4.69, 9.17) is 9.84 Å². The number of nitrogens with one attached hydrogen (secondary N) is 1. The van der Waals surface area contributed by atoms with Crippen LogP contribution in [0.1, 0.15) is 52.9 Å². The quantitative estimate of drug-likeness (QED) is 0.463. The summed E-state index contributed by atoms with van der Waals surface area (Å²) in [5, 5.41) is 11.6. The highest BCUT2D eigenvalue weighted by Crippen LogP contribution is 2.08. The van der Waals surface area contributed by atoms with Gasteiger partial charge in [-0.05, 0) is 20.3 Å². The molecule has 0 aromatic carbocycles. The lowest BCUT2D eigenvalue weighted by atomic mass is 10.1. The van der Waals surface area contributed by atoms with Gasteiger partial charge in [-0.15, -0.1) is 0 Å². The summed E-state index contributed by atoms with van der Waals surface area (Å²) < 4.78 is 4.95. The van der Waals surface area contributed by atoms with Crippen LogP contribution in [0.5, 0.6) is 0 Å².